The average molecular weight is 269 g/mol. The molecule has 0 saturated carbocycles. The summed E-state index contributed by atoms with van der Waals surface area (Å²) in [6.07, 6.45) is 3.64. The van der Waals surface area contributed by atoms with Gasteiger partial charge in [-0.05, 0) is 42.3 Å². The number of benzene rings is 1. The second-order valence-corrected chi connectivity index (χ2v) is 4.70. The van der Waals surface area contributed by atoms with E-state index in [-0.39, 0.29) is 12.5 Å². The van der Waals surface area contributed by atoms with Crippen LogP contribution < -0.4 is 15.4 Å². The van der Waals surface area contributed by atoms with Crippen molar-refractivity contribution >= 4 is 17.3 Å². The van der Waals surface area contributed by atoms with Crippen molar-refractivity contribution in [1.29, 1.82) is 0 Å². The topological polar surface area (TPSA) is 63.2 Å². The summed E-state index contributed by atoms with van der Waals surface area (Å²) < 4.78 is 5.32. The third kappa shape index (κ3) is 2.56. The van der Waals surface area contributed by atoms with Crippen LogP contribution in [-0.2, 0) is 11.3 Å². The van der Waals surface area contributed by atoms with Gasteiger partial charge in [0.05, 0.1) is 5.69 Å². The SMILES string of the molecule is Cc1ccncc1CNc1ccc2c(c1)NC(=O)CO2. The van der Waals surface area contributed by atoms with Crippen LogP contribution in [0.25, 0.3) is 0 Å². The van der Waals surface area contributed by atoms with Crippen LogP contribution in [-0.4, -0.2) is 17.5 Å². The van der Waals surface area contributed by atoms with Gasteiger partial charge in [-0.2, -0.15) is 0 Å². The Morgan fingerprint density at radius 1 is 1.40 bits per heavy atom. The lowest BCUT2D eigenvalue weighted by Crippen LogP contribution is -2.25. The lowest BCUT2D eigenvalue weighted by Gasteiger charge is -2.19. The van der Waals surface area contributed by atoms with Crippen LogP contribution in [0.4, 0.5) is 11.4 Å². The van der Waals surface area contributed by atoms with Crippen LogP contribution in [0, 0.1) is 6.92 Å². The fourth-order valence-corrected chi connectivity index (χ4v) is 2.07. The Balaban J connectivity index is 1.74. The second kappa shape index (κ2) is 5.21. The minimum Gasteiger partial charge on any atom is -0.482 e. The summed E-state index contributed by atoms with van der Waals surface area (Å²) in [5, 5.41) is 6.11. The van der Waals surface area contributed by atoms with Crippen molar-refractivity contribution in [3.8, 4) is 5.75 Å². The Bertz CT molecular complexity index is 655. The number of pyridine rings is 1. The molecule has 1 amide bonds. The summed E-state index contributed by atoms with van der Waals surface area (Å²) in [5.74, 6) is 0.575. The molecule has 20 heavy (non-hydrogen) atoms. The molecule has 0 radical (unpaired) electrons. The lowest BCUT2D eigenvalue weighted by molar-refractivity contribution is -0.118. The van der Waals surface area contributed by atoms with Gasteiger partial charge in [0.25, 0.3) is 5.91 Å². The maximum atomic E-state index is 11.3. The van der Waals surface area contributed by atoms with Crippen molar-refractivity contribution in [3.05, 3.63) is 47.8 Å². The van der Waals surface area contributed by atoms with E-state index in [1.807, 2.05) is 30.5 Å². The molecule has 0 fully saturated rings. The van der Waals surface area contributed by atoms with Crippen molar-refractivity contribution in [2.24, 2.45) is 0 Å². The van der Waals surface area contributed by atoms with Crippen molar-refractivity contribution in [1.82, 2.24) is 4.98 Å². The molecular formula is C15H15N3O2. The predicted molar refractivity (Wildman–Crippen MR) is 76.9 cm³/mol. The van der Waals surface area contributed by atoms with Gasteiger partial charge in [0.2, 0.25) is 0 Å². The minimum absolute atomic E-state index is 0.0780. The average Bonchev–Trinajstić information content (AvgIpc) is 2.46. The zero-order valence-electron chi connectivity index (χ0n) is 11.1. The van der Waals surface area contributed by atoms with Crippen LogP contribution in [0.2, 0.25) is 0 Å². The number of carbonyl (C=O) groups excluding carboxylic acids is 1. The van der Waals surface area contributed by atoms with E-state index >= 15 is 0 Å². The molecule has 1 aromatic heterocycles. The molecule has 5 heteroatoms. The van der Waals surface area contributed by atoms with Gasteiger partial charge in [-0.25, -0.2) is 0 Å². The molecule has 1 aliphatic rings. The Hall–Kier alpha value is -2.56. The van der Waals surface area contributed by atoms with Gasteiger partial charge in [0.1, 0.15) is 5.75 Å². The number of aromatic nitrogens is 1. The number of amides is 1. The fraction of sp³-hybridized carbons (Fsp3) is 0.200. The third-order valence-corrected chi connectivity index (χ3v) is 3.24. The number of carbonyl (C=O) groups is 1. The van der Waals surface area contributed by atoms with Crippen molar-refractivity contribution in [2.75, 3.05) is 17.2 Å². The summed E-state index contributed by atoms with van der Waals surface area (Å²) in [4.78, 5) is 15.4. The molecule has 2 heterocycles. The molecule has 0 bridgehead atoms. The van der Waals surface area contributed by atoms with Crippen LogP contribution in [0.15, 0.2) is 36.7 Å². The number of hydrogen-bond acceptors (Lipinski definition) is 4. The number of anilines is 2. The van der Waals surface area contributed by atoms with E-state index < -0.39 is 0 Å². The summed E-state index contributed by atoms with van der Waals surface area (Å²) in [6.45, 7) is 2.82. The standard InChI is InChI=1S/C15H15N3O2/c1-10-4-5-16-7-11(10)8-17-12-2-3-14-13(6-12)18-15(19)9-20-14/h2-7,17H,8-9H2,1H3,(H,18,19). The van der Waals surface area contributed by atoms with Gasteiger partial charge < -0.3 is 15.4 Å². The number of hydrogen-bond donors (Lipinski definition) is 2. The van der Waals surface area contributed by atoms with E-state index in [1.54, 1.807) is 6.20 Å². The molecule has 0 spiro atoms. The number of nitrogens with one attached hydrogen (secondary N) is 2. The maximum absolute atomic E-state index is 11.3. The zero-order valence-corrected chi connectivity index (χ0v) is 11.1. The highest BCUT2D eigenvalue weighted by Gasteiger charge is 2.15. The Kier molecular flexibility index (Phi) is 3.25. The molecule has 2 N–H and O–H groups in total. The zero-order chi connectivity index (χ0) is 13.9. The van der Waals surface area contributed by atoms with Crippen molar-refractivity contribution < 1.29 is 9.53 Å². The quantitative estimate of drug-likeness (QED) is 0.897. The van der Waals surface area contributed by atoms with Gasteiger partial charge in [-0.15, -0.1) is 0 Å². The highest BCUT2D eigenvalue weighted by atomic mass is 16.5. The summed E-state index contributed by atoms with van der Waals surface area (Å²) in [7, 11) is 0. The van der Waals surface area contributed by atoms with Crippen molar-refractivity contribution in [3.63, 3.8) is 0 Å². The molecule has 0 saturated heterocycles. The van der Waals surface area contributed by atoms with Crippen LogP contribution in [0.3, 0.4) is 0 Å². The summed E-state index contributed by atoms with van der Waals surface area (Å²) in [6, 6.07) is 7.64. The Morgan fingerprint density at radius 2 is 2.30 bits per heavy atom. The fourth-order valence-electron chi connectivity index (χ4n) is 2.07. The van der Waals surface area contributed by atoms with Crippen molar-refractivity contribution in [2.45, 2.75) is 13.5 Å². The first-order chi connectivity index (χ1) is 9.72. The molecule has 102 valence electrons. The molecule has 5 nitrogen and oxygen atoms in total. The normalized spacial score (nSPS) is 13.2. The van der Waals surface area contributed by atoms with Crippen LogP contribution >= 0.6 is 0 Å². The van der Waals surface area contributed by atoms with Gasteiger partial charge in [-0.1, -0.05) is 0 Å². The second-order valence-electron chi connectivity index (χ2n) is 4.70. The maximum Gasteiger partial charge on any atom is 0.262 e. The smallest absolute Gasteiger partial charge is 0.262 e. The predicted octanol–water partition coefficient (Wildman–Crippen LogP) is 2.33. The first-order valence-electron chi connectivity index (χ1n) is 6.42. The first-order valence-corrected chi connectivity index (χ1v) is 6.42. The van der Waals surface area contributed by atoms with Crippen LogP contribution in [0.1, 0.15) is 11.1 Å². The molecule has 1 aliphatic heterocycles. The minimum atomic E-state index is -0.127. The monoisotopic (exact) mass is 269 g/mol. The summed E-state index contributed by atoms with van der Waals surface area (Å²) >= 11 is 0. The summed E-state index contributed by atoms with van der Waals surface area (Å²) in [5.41, 5.74) is 3.97. The number of nitrogens with zero attached hydrogens (tertiary/aromatic N) is 1. The van der Waals surface area contributed by atoms with Crippen LogP contribution in [0.5, 0.6) is 5.75 Å². The van der Waals surface area contributed by atoms with E-state index in [2.05, 4.69) is 22.5 Å². The Morgan fingerprint density at radius 3 is 3.15 bits per heavy atom. The number of ether oxygens (including phenoxy) is 1. The molecule has 2 aromatic rings. The molecule has 0 unspecified atom stereocenters. The van der Waals surface area contributed by atoms with Gasteiger partial charge >= 0.3 is 0 Å². The van der Waals surface area contributed by atoms with Gasteiger partial charge in [0.15, 0.2) is 6.61 Å². The number of rotatable bonds is 3. The number of fused-ring (bicyclic) bond motifs is 1. The molecule has 1 aromatic carbocycles. The highest BCUT2D eigenvalue weighted by Crippen LogP contribution is 2.30. The molecule has 3 rings (SSSR count). The van der Waals surface area contributed by atoms with E-state index in [4.69, 9.17) is 4.74 Å². The molecular weight excluding hydrogens is 254 g/mol. The van der Waals surface area contributed by atoms with E-state index in [1.165, 1.54) is 5.56 Å². The lowest BCUT2D eigenvalue weighted by atomic mass is 10.1. The highest BCUT2D eigenvalue weighted by molar-refractivity contribution is 5.96. The third-order valence-electron chi connectivity index (χ3n) is 3.24. The van der Waals surface area contributed by atoms with Gasteiger partial charge in [0, 0.05) is 24.6 Å². The van der Waals surface area contributed by atoms with Gasteiger partial charge in [-0.3, -0.25) is 9.78 Å². The van der Waals surface area contributed by atoms with E-state index in [9.17, 15) is 4.79 Å². The molecule has 0 atom stereocenters. The Labute approximate surface area is 117 Å². The first kappa shape index (κ1) is 12.5. The van der Waals surface area contributed by atoms with E-state index in [0.717, 1.165) is 11.3 Å². The van der Waals surface area contributed by atoms with E-state index in [0.29, 0.717) is 18.0 Å². The number of aryl methyl sites for hydroxylation is 1. The largest absolute Gasteiger partial charge is 0.482 e. The molecule has 0 aliphatic carbocycles.